The van der Waals surface area contributed by atoms with Gasteiger partial charge in [0.1, 0.15) is 12.1 Å². The molecule has 0 saturated carbocycles. The van der Waals surface area contributed by atoms with Crippen LogP contribution in [0.4, 0.5) is 0 Å². The number of hydrogen-bond donors (Lipinski definition) is 0. The summed E-state index contributed by atoms with van der Waals surface area (Å²) < 4.78 is 0. The zero-order valence-corrected chi connectivity index (χ0v) is 6.59. The number of hydrogen-bond acceptors (Lipinski definition) is 2. The topological polar surface area (TPSA) is 34.1 Å². The first-order valence-electron chi connectivity index (χ1n) is 3.68. The molecular weight excluding hydrogens is 128 g/mol. The lowest BCUT2D eigenvalue weighted by Crippen LogP contribution is -2.09. The maximum Gasteiger partial charge on any atom is 0.136 e. The Morgan fingerprint density at radius 2 is 2.20 bits per heavy atom. The summed E-state index contributed by atoms with van der Waals surface area (Å²) in [6.07, 6.45) is 2.46. The number of carbonyl (C=O) groups excluding carboxylic acids is 2. The first-order valence-corrected chi connectivity index (χ1v) is 3.68. The Bertz CT molecular complexity index is 118. The normalized spacial score (nSPS) is 12.6. The molecule has 0 saturated heterocycles. The maximum absolute atomic E-state index is 11.0. The maximum atomic E-state index is 11.0. The van der Waals surface area contributed by atoms with Gasteiger partial charge in [0.05, 0.1) is 0 Å². The van der Waals surface area contributed by atoms with Gasteiger partial charge in [0.15, 0.2) is 0 Å². The van der Waals surface area contributed by atoms with Gasteiger partial charge in [-0.05, 0) is 6.42 Å². The fourth-order valence-corrected chi connectivity index (χ4v) is 0.675. The Kier molecular flexibility index (Phi) is 4.81. The van der Waals surface area contributed by atoms with E-state index >= 15 is 0 Å². The zero-order chi connectivity index (χ0) is 7.98. The molecule has 2 heteroatoms. The first kappa shape index (κ1) is 9.34. The van der Waals surface area contributed by atoms with E-state index in [1.54, 1.807) is 0 Å². The summed E-state index contributed by atoms with van der Waals surface area (Å²) >= 11 is 0. The molecule has 1 atom stereocenters. The Balaban J connectivity index is 3.51. The molecule has 0 aliphatic heterocycles. The van der Waals surface area contributed by atoms with Crippen molar-refractivity contribution in [2.75, 3.05) is 0 Å². The Morgan fingerprint density at radius 1 is 1.60 bits per heavy atom. The van der Waals surface area contributed by atoms with E-state index in [1.807, 2.05) is 13.8 Å². The number of carbonyl (C=O) groups is 2. The summed E-state index contributed by atoms with van der Waals surface area (Å²) in [4.78, 5) is 20.8. The monoisotopic (exact) mass is 142 g/mol. The minimum atomic E-state index is 0.125. The highest BCUT2D eigenvalue weighted by atomic mass is 16.1. The van der Waals surface area contributed by atoms with Gasteiger partial charge in [-0.2, -0.15) is 0 Å². The van der Waals surface area contributed by atoms with Crippen LogP contribution < -0.4 is 0 Å². The summed E-state index contributed by atoms with van der Waals surface area (Å²) in [6, 6.07) is 0. The van der Waals surface area contributed by atoms with Crippen LogP contribution in [0.15, 0.2) is 0 Å². The van der Waals surface area contributed by atoms with Gasteiger partial charge >= 0.3 is 0 Å². The average molecular weight is 142 g/mol. The van der Waals surface area contributed by atoms with Crippen molar-refractivity contribution < 1.29 is 9.59 Å². The molecule has 0 fully saturated rings. The summed E-state index contributed by atoms with van der Waals surface area (Å²) in [5.74, 6) is 0.328. The van der Waals surface area contributed by atoms with Crippen molar-refractivity contribution in [2.24, 2.45) is 5.92 Å². The third-order valence-electron chi connectivity index (χ3n) is 1.67. The zero-order valence-electron chi connectivity index (χ0n) is 6.59. The Morgan fingerprint density at radius 3 is 2.60 bits per heavy atom. The van der Waals surface area contributed by atoms with Crippen LogP contribution in [0.3, 0.4) is 0 Å². The van der Waals surface area contributed by atoms with Crippen LogP contribution in [0.5, 0.6) is 0 Å². The van der Waals surface area contributed by atoms with Gasteiger partial charge in [-0.3, -0.25) is 4.79 Å². The second-order valence-electron chi connectivity index (χ2n) is 2.48. The molecule has 0 N–H and O–H groups in total. The molecule has 0 aliphatic carbocycles. The molecule has 0 aliphatic rings. The SMILES string of the molecule is CCC(C)C(=O)CCC=O. The van der Waals surface area contributed by atoms with Gasteiger partial charge in [0.2, 0.25) is 0 Å². The lowest BCUT2D eigenvalue weighted by molar-refractivity contribution is -0.123. The van der Waals surface area contributed by atoms with E-state index in [9.17, 15) is 9.59 Å². The Labute approximate surface area is 61.6 Å². The van der Waals surface area contributed by atoms with Gasteiger partial charge in [0, 0.05) is 18.8 Å². The third-order valence-corrected chi connectivity index (χ3v) is 1.67. The standard InChI is InChI=1S/C8H14O2/c1-3-7(2)8(10)5-4-6-9/h6-7H,3-5H2,1-2H3. The molecule has 0 radical (unpaired) electrons. The van der Waals surface area contributed by atoms with Gasteiger partial charge in [-0.25, -0.2) is 0 Å². The third kappa shape index (κ3) is 3.38. The molecule has 0 heterocycles. The number of aldehydes is 1. The van der Waals surface area contributed by atoms with E-state index in [4.69, 9.17) is 0 Å². The van der Waals surface area contributed by atoms with Crippen LogP contribution in [-0.2, 0) is 9.59 Å². The van der Waals surface area contributed by atoms with Gasteiger partial charge < -0.3 is 4.79 Å². The second kappa shape index (κ2) is 5.15. The Hall–Kier alpha value is -0.660. The lowest BCUT2D eigenvalue weighted by atomic mass is 10.0. The van der Waals surface area contributed by atoms with Gasteiger partial charge in [-0.1, -0.05) is 13.8 Å². The molecular formula is C8H14O2. The predicted octanol–water partition coefficient (Wildman–Crippen LogP) is 1.58. The molecule has 0 rings (SSSR count). The van der Waals surface area contributed by atoms with E-state index in [0.29, 0.717) is 12.8 Å². The van der Waals surface area contributed by atoms with Crippen LogP contribution in [0.1, 0.15) is 33.1 Å². The minimum Gasteiger partial charge on any atom is -0.303 e. The highest BCUT2D eigenvalue weighted by molar-refractivity contribution is 5.82. The van der Waals surface area contributed by atoms with Crippen LogP contribution >= 0.6 is 0 Å². The van der Waals surface area contributed by atoms with Crippen LogP contribution in [0.25, 0.3) is 0 Å². The summed E-state index contributed by atoms with van der Waals surface area (Å²) in [5, 5.41) is 0. The largest absolute Gasteiger partial charge is 0.303 e. The van der Waals surface area contributed by atoms with Crippen molar-refractivity contribution in [3.63, 3.8) is 0 Å². The lowest BCUT2D eigenvalue weighted by Gasteiger charge is -2.03. The highest BCUT2D eigenvalue weighted by Gasteiger charge is 2.08. The summed E-state index contributed by atoms with van der Waals surface area (Å²) in [6.45, 7) is 3.87. The smallest absolute Gasteiger partial charge is 0.136 e. The summed E-state index contributed by atoms with van der Waals surface area (Å²) in [5.41, 5.74) is 0. The van der Waals surface area contributed by atoms with Crippen molar-refractivity contribution >= 4 is 12.1 Å². The van der Waals surface area contributed by atoms with E-state index in [0.717, 1.165) is 12.7 Å². The second-order valence-corrected chi connectivity index (χ2v) is 2.48. The van der Waals surface area contributed by atoms with E-state index in [2.05, 4.69) is 0 Å². The van der Waals surface area contributed by atoms with Gasteiger partial charge in [0.25, 0.3) is 0 Å². The molecule has 1 unspecified atom stereocenters. The minimum absolute atomic E-state index is 0.125. The quantitative estimate of drug-likeness (QED) is 0.546. The molecule has 0 aromatic rings. The highest BCUT2D eigenvalue weighted by Crippen LogP contribution is 2.05. The molecule has 0 spiro atoms. The average Bonchev–Trinajstić information content (AvgIpc) is 1.98. The molecule has 0 aromatic carbocycles. The van der Waals surface area contributed by atoms with Crippen molar-refractivity contribution in [1.29, 1.82) is 0 Å². The fourth-order valence-electron chi connectivity index (χ4n) is 0.675. The van der Waals surface area contributed by atoms with Crippen LogP contribution in [0, 0.1) is 5.92 Å². The molecule has 0 amide bonds. The number of rotatable bonds is 5. The first-order chi connectivity index (χ1) is 4.72. The van der Waals surface area contributed by atoms with Crippen LogP contribution in [-0.4, -0.2) is 12.1 Å². The molecule has 58 valence electrons. The van der Waals surface area contributed by atoms with E-state index < -0.39 is 0 Å². The summed E-state index contributed by atoms with van der Waals surface area (Å²) in [7, 11) is 0. The molecule has 0 aromatic heterocycles. The fraction of sp³-hybridized carbons (Fsp3) is 0.750. The number of ketones is 1. The number of Topliss-reactive ketones (excluding diaryl/α,β-unsaturated/α-hetero) is 1. The van der Waals surface area contributed by atoms with Crippen molar-refractivity contribution in [3.8, 4) is 0 Å². The van der Waals surface area contributed by atoms with Gasteiger partial charge in [-0.15, -0.1) is 0 Å². The molecule has 0 bridgehead atoms. The van der Waals surface area contributed by atoms with E-state index in [1.165, 1.54) is 0 Å². The van der Waals surface area contributed by atoms with Crippen LogP contribution in [0.2, 0.25) is 0 Å². The predicted molar refractivity (Wildman–Crippen MR) is 39.8 cm³/mol. The molecule has 10 heavy (non-hydrogen) atoms. The van der Waals surface area contributed by atoms with E-state index in [-0.39, 0.29) is 11.7 Å². The molecule has 2 nitrogen and oxygen atoms in total. The van der Waals surface area contributed by atoms with Crippen molar-refractivity contribution in [1.82, 2.24) is 0 Å². The van der Waals surface area contributed by atoms with Crippen molar-refractivity contribution in [3.05, 3.63) is 0 Å². The van der Waals surface area contributed by atoms with Crippen molar-refractivity contribution in [2.45, 2.75) is 33.1 Å².